The van der Waals surface area contributed by atoms with Gasteiger partial charge in [-0.15, -0.1) is 0 Å². The van der Waals surface area contributed by atoms with Crippen LogP contribution in [0.5, 0.6) is 0 Å². The molecular weight excluding hydrogens is 215 g/mol. The number of hydrogen-bond acceptors (Lipinski definition) is 1. The maximum Gasteiger partial charge on any atom is 0.123 e. The zero-order chi connectivity index (χ0) is 13.2. The van der Waals surface area contributed by atoms with Crippen LogP contribution in [0, 0.1) is 24.1 Å². The summed E-state index contributed by atoms with van der Waals surface area (Å²) in [6, 6.07) is 4.57. The van der Waals surface area contributed by atoms with Gasteiger partial charge in [0.05, 0.1) is 6.10 Å². The highest BCUT2D eigenvalue weighted by Crippen LogP contribution is 2.34. The number of aryl methyl sites for hydroxylation is 1. The van der Waals surface area contributed by atoms with Crippen LogP contribution < -0.4 is 0 Å². The Morgan fingerprint density at radius 3 is 2.35 bits per heavy atom. The van der Waals surface area contributed by atoms with Gasteiger partial charge in [-0.25, -0.2) is 4.39 Å². The Balaban J connectivity index is 2.80. The third kappa shape index (κ3) is 3.81. The summed E-state index contributed by atoms with van der Waals surface area (Å²) in [5.74, 6) is 0.157. The van der Waals surface area contributed by atoms with Gasteiger partial charge in [-0.1, -0.05) is 33.8 Å². The first-order valence-electron chi connectivity index (χ1n) is 6.16. The lowest BCUT2D eigenvalue weighted by atomic mass is 9.78. The van der Waals surface area contributed by atoms with Crippen LogP contribution >= 0.6 is 0 Å². The summed E-state index contributed by atoms with van der Waals surface area (Å²) in [6.45, 7) is 10.5. The Labute approximate surface area is 104 Å². The second kappa shape index (κ2) is 5.18. The van der Waals surface area contributed by atoms with Gasteiger partial charge in [0.15, 0.2) is 0 Å². The third-order valence-electron chi connectivity index (χ3n) is 3.65. The first-order chi connectivity index (χ1) is 7.71. The molecule has 2 unspecified atom stereocenters. The van der Waals surface area contributed by atoms with Crippen LogP contribution in [0.15, 0.2) is 18.2 Å². The van der Waals surface area contributed by atoms with Crippen molar-refractivity contribution in [2.75, 3.05) is 0 Å². The maximum atomic E-state index is 13.0. The summed E-state index contributed by atoms with van der Waals surface area (Å²) >= 11 is 0. The highest BCUT2D eigenvalue weighted by atomic mass is 19.1. The minimum Gasteiger partial charge on any atom is -0.388 e. The van der Waals surface area contributed by atoms with Crippen LogP contribution in [0.3, 0.4) is 0 Å². The van der Waals surface area contributed by atoms with E-state index in [1.165, 1.54) is 12.1 Å². The van der Waals surface area contributed by atoms with E-state index < -0.39 is 6.10 Å². The van der Waals surface area contributed by atoms with E-state index in [0.29, 0.717) is 12.3 Å². The number of benzene rings is 1. The number of aliphatic hydroxyl groups excluding tert-OH is 1. The van der Waals surface area contributed by atoms with E-state index in [1.54, 1.807) is 6.07 Å². The largest absolute Gasteiger partial charge is 0.388 e. The molecular formula is C15H23FO. The Hall–Kier alpha value is -0.890. The lowest BCUT2D eigenvalue weighted by Gasteiger charge is -2.29. The van der Waals surface area contributed by atoms with Gasteiger partial charge in [-0.2, -0.15) is 0 Å². The third-order valence-corrected chi connectivity index (χ3v) is 3.65. The molecule has 0 aliphatic carbocycles. The van der Waals surface area contributed by atoms with E-state index in [4.69, 9.17) is 0 Å². The van der Waals surface area contributed by atoms with E-state index >= 15 is 0 Å². The zero-order valence-electron chi connectivity index (χ0n) is 11.4. The monoisotopic (exact) mass is 238 g/mol. The minimum absolute atomic E-state index is 0.176. The van der Waals surface area contributed by atoms with Crippen LogP contribution in [0.4, 0.5) is 4.39 Å². The fourth-order valence-corrected chi connectivity index (χ4v) is 1.83. The van der Waals surface area contributed by atoms with Crippen molar-refractivity contribution in [2.45, 2.75) is 47.1 Å². The Kier molecular flexibility index (Phi) is 4.31. The van der Waals surface area contributed by atoms with Crippen LogP contribution in [-0.2, 0) is 0 Å². The summed E-state index contributed by atoms with van der Waals surface area (Å²) in [5, 5.41) is 10.2. The van der Waals surface area contributed by atoms with E-state index in [-0.39, 0.29) is 11.2 Å². The topological polar surface area (TPSA) is 20.2 Å². The molecule has 0 aliphatic heterocycles. The zero-order valence-corrected chi connectivity index (χ0v) is 11.4. The molecule has 1 rings (SSSR count). The van der Waals surface area contributed by atoms with Crippen molar-refractivity contribution < 1.29 is 9.50 Å². The summed E-state index contributed by atoms with van der Waals surface area (Å²) in [5.41, 5.74) is 1.83. The van der Waals surface area contributed by atoms with E-state index in [1.807, 2.05) is 6.92 Å². The number of aliphatic hydroxyl groups is 1. The molecule has 1 N–H and O–H groups in total. The van der Waals surface area contributed by atoms with Crippen LogP contribution in [0.25, 0.3) is 0 Å². The van der Waals surface area contributed by atoms with Crippen LogP contribution in [-0.4, -0.2) is 5.11 Å². The average molecular weight is 238 g/mol. The summed E-state index contributed by atoms with van der Waals surface area (Å²) in [4.78, 5) is 0. The Bertz CT molecular complexity index is 379. The van der Waals surface area contributed by atoms with E-state index in [2.05, 4.69) is 27.7 Å². The van der Waals surface area contributed by atoms with Gasteiger partial charge in [0, 0.05) is 0 Å². The maximum absolute atomic E-state index is 13.0. The Morgan fingerprint density at radius 2 is 1.88 bits per heavy atom. The highest BCUT2D eigenvalue weighted by Gasteiger charge is 2.24. The van der Waals surface area contributed by atoms with Gasteiger partial charge in [0.2, 0.25) is 0 Å². The molecule has 0 radical (unpaired) electrons. The first-order valence-corrected chi connectivity index (χ1v) is 6.16. The molecule has 96 valence electrons. The molecule has 0 bridgehead atoms. The summed E-state index contributed by atoms with van der Waals surface area (Å²) in [7, 11) is 0. The molecule has 1 aromatic carbocycles. The number of halogens is 1. The predicted octanol–water partition coefficient (Wildman–Crippen LogP) is 4.24. The van der Waals surface area contributed by atoms with Crippen molar-refractivity contribution in [1.29, 1.82) is 0 Å². The predicted molar refractivity (Wildman–Crippen MR) is 69.3 cm³/mol. The van der Waals surface area contributed by atoms with Crippen molar-refractivity contribution in [3.05, 3.63) is 35.1 Å². The molecule has 0 saturated heterocycles. The molecule has 17 heavy (non-hydrogen) atoms. The van der Waals surface area contributed by atoms with E-state index in [0.717, 1.165) is 11.1 Å². The van der Waals surface area contributed by atoms with Gasteiger partial charge in [-0.05, 0) is 47.9 Å². The van der Waals surface area contributed by atoms with Crippen molar-refractivity contribution in [3.63, 3.8) is 0 Å². The minimum atomic E-state index is -0.509. The number of rotatable bonds is 3. The molecule has 0 heterocycles. The molecule has 0 saturated carbocycles. The lowest BCUT2D eigenvalue weighted by molar-refractivity contribution is 0.110. The molecule has 1 nitrogen and oxygen atoms in total. The van der Waals surface area contributed by atoms with Crippen LogP contribution in [0.2, 0.25) is 0 Å². The fraction of sp³-hybridized carbons (Fsp3) is 0.600. The highest BCUT2D eigenvalue weighted by molar-refractivity contribution is 5.28. The quantitative estimate of drug-likeness (QED) is 0.835. The fourth-order valence-electron chi connectivity index (χ4n) is 1.83. The van der Waals surface area contributed by atoms with Gasteiger partial charge in [-0.3, -0.25) is 0 Å². The van der Waals surface area contributed by atoms with Gasteiger partial charge >= 0.3 is 0 Å². The molecule has 0 spiro atoms. The second-order valence-electron chi connectivity index (χ2n) is 6.02. The SMILES string of the molecule is Cc1cc(F)ccc1C(O)CC(C)C(C)(C)C. The number of hydrogen-bond donors (Lipinski definition) is 1. The molecule has 2 atom stereocenters. The van der Waals surface area contributed by atoms with Crippen molar-refractivity contribution in [1.82, 2.24) is 0 Å². The van der Waals surface area contributed by atoms with Gasteiger partial charge in [0.1, 0.15) is 5.82 Å². The lowest BCUT2D eigenvalue weighted by Crippen LogP contribution is -2.20. The van der Waals surface area contributed by atoms with E-state index in [9.17, 15) is 9.50 Å². The van der Waals surface area contributed by atoms with Crippen LogP contribution in [0.1, 0.15) is 51.3 Å². The first kappa shape index (κ1) is 14.2. The molecule has 0 amide bonds. The average Bonchev–Trinajstić information content (AvgIpc) is 2.15. The summed E-state index contributed by atoms with van der Waals surface area (Å²) in [6.07, 6.45) is 0.195. The molecule has 2 heteroatoms. The van der Waals surface area contributed by atoms with Gasteiger partial charge in [0.25, 0.3) is 0 Å². The standard InChI is InChI=1S/C15H23FO/c1-10-8-12(16)6-7-13(10)14(17)9-11(2)15(3,4)5/h6-8,11,14,17H,9H2,1-5H3. The molecule has 0 aromatic heterocycles. The molecule has 1 aromatic rings. The van der Waals surface area contributed by atoms with Gasteiger partial charge < -0.3 is 5.11 Å². The van der Waals surface area contributed by atoms with Crippen molar-refractivity contribution >= 4 is 0 Å². The smallest absolute Gasteiger partial charge is 0.123 e. The second-order valence-corrected chi connectivity index (χ2v) is 6.02. The Morgan fingerprint density at radius 1 is 1.29 bits per heavy atom. The molecule has 0 fully saturated rings. The normalized spacial score (nSPS) is 15.7. The van der Waals surface area contributed by atoms with Crippen molar-refractivity contribution in [2.24, 2.45) is 11.3 Å². The molecule has 0 aliphatic rings. The summed E-state index contributed by atoms with van der Waals surface area (Å²) < 4.78 is 13.0. The van der Waals surface area contributed by atoms with Crippen molar-refractivity contribution in [3.8, 4) is 0 Å².